The maximum absolute atomic E-state index is 12.5. The molecule has 0 aliphatic heterocycles. The van der Waals surface area contributed by atoms with Gasteiger partial charge in [-0.2, -0.15) is 0 Å². The molecule has 4 aliphatic carbocycles. The molecule has 0 heterocycles. The number of benzene rings is 2. The Balaban J connectivity index is 1.91. The molecule has 0 amide bonds. The summed E-state index contributed by atoms with van der Waals surface area (Å²) in [5, 5.41) is 0.654. The van der Waals surface area contributed by atoms with Gasteiger partial charge in [0.25, 0.3) is 0 Å². The van der Waals surface area contributed by atoms with Crippen molar-refractivity contribution in [2.24, 2.45) is 0 Å². The predicted octanol–water partition coefficient (Wildman–Crippen LogP) is 3.94. The Hall–Kier alpha value is -2.45. The Labute approximate surface area is 138 Å². The molecular formula is C20H11ClO2. The van der Waals surface area contributed by atoms with Crippen LogP contribution in [-0.4, -0.2) is 11.6 Å². The molecule has 6 rings (SSSR count). The van der Waals surface area contributed by atoms with Crippen LogP contribution in [0.25, 0.3) is 0 Å². The quantitative estimate of drug-likeness (QED) is 0.690. The fraction of sp³-hybridized carbons (Fsp3) is 0.100. The Bertz CT molecular complexity index is 981. The number of ketones is 2. The van der Waals surface area contributed by atoms with Crippen molar-refractivity contribution >= 4 is 23.2 Å². The number of carbonyl (C=O) groups is 2. The van der Waals surface area contributed by atoms with Gasteiger partial charge in [0.15, 0.2) is 11.6 Å². The summed E-state index contributed by atoms with van der Waals surface area (Å²) in [6, 6.07) is 13.9. The van der Waals surface area contributed by atoms with Gasteiger partial charge in [0.2, 0.25) is 0 Å². The van der Waals surface area contributed by atoms with Crippen LogP contribution in [-0.2, 0) is 9.59 Å². The van der Waals surface area contributed by atoms with Crippen molar-refractivity contribution in [1.82, 2.24) is 0 Å². The summed E-state index contributed by atoms with van der Waals surface area (Å²) in [5.74, 6) is -0.472. The maximum Gasteiger partial charge on any atom is 0.183 e. The lowest BCUT2D eigenvalue weighted by atomic mass is 9.58. The first-order valence-corrected chi connectivity index (χ1v) is 7.93. The minimum absolute atomic E-state index is 0.0512. The number of halogens is 1. The molecule has 0 saturated heterocycles. The Kier molecular flexibility index (Phi) is 2.44. The Morgan fingerprint density at radius 3 is 1.83 bits per heavy atom. The molecule has 23 heavy (non-hydrogen) atoms. The molecule has 0 spiro atoms. The van der Waals surface area contributed by atoms with Gasteiger partial charge in [0.1, 0.15) is 0 Å². The van der Waals surface area contributed by atoms with Gasteiger partial charge >= 0.3 is 0 Å². The van der Waals surface area contributed by atoms with Gasteiger partial charge in [-0.1, -0.05) is 41.9 Å². The smallest absolute Gasteiger partial charge is 0.183 e. The van der Waals surface area contributed by atoms with E-state index in [1.165, 1.54) is 12.2 Å². The van der Waals surface area contributed by atoms with E-state index in [1.807, 2.05) is 30.3 Å². The van der Waals surface area contributed by atoms with Crippen LogP contribution in [0.3, 0.4) is 0 Å². The van der Waals surface area contributed by atoms with E-state index in [4.69, 9.17) is 11.6 Å². The lowest BCUT2D eigenvalue weighted by Crippen LogP contribution is -2.35. The van der Waals surface area contributed by atoms with Gasteiger partial charge in [-0.05, 0) is 46.5 Å². The lowest BCUT2D eigenvalue weighted by molar-refractivity contribution is -0.115. The third-order valence-corrected chi connectivity index (χ3v) is 5.31. The summed E-state index contributed by atoms with van der Waals surface area (Å²) in [6.45, 7) is 0. The largest absolute Gasteiger partial charge is 0.290 e. The van der Waals surface area contributed by atoms with Crippen molar-refractivity contribution in [3.05, 3.63) is 93.0 Å². The fourth-order valence-corrected chi connectivity index (χ4v) is 4.42. The maximum atomic E-state index is 12.5. The van der Waals surface area contributed by atoms with Gasteiger partial charge in [-0.25, -0.2) is 0 Å². The molecule has 3 heteroatoms. The van der Waals surface area contributed by atoms with E-state index in [2.05, 4.69) is 12.1 Å². The van der Waals surface area contributed by atoms with E-state index in [-0.39, 0.29) is 23.4 Å². The van der Waals surface area contributed by atoms with Crippen LogP contribution in [0.5, 0.6) is 0 Å². The van der Waals surface area contributed by atoms with Gasteiger partial charge in [0.05, 0.1) is 0 Å². The molecule has 2 atom stereocenters. The van der Waals surface area contributed by atoms with Crippen LogP contribution in [0, 0.1) is 0 Å². The number of rotatable bonds is 0. The van der Waals surface area contributed by atoms with Crippen LogP contribution in [0.1, 0.15) is 34.1 Å². The molecule has 0 saturated carbocycles. The molecule has 0 radical (unpaired) electrons. The zero-order valence-corrected chi connectivity index (χ0v) is 12.8. The molecule has 0 fully saturated rings. The average Bonchev–Trinajstić information content (AvgIpc) is 2.57. The van der Waals surface area contributed by atoms with Crippen molar-refractivity contribution in [2.45, 2.75) is 11.8 Å². The first-order chi connectivity index (χ1) is 11.2. The monoisotopic (exact) mass is 318 g/mol. The summed E-state index contributed by atoms with van der Waals surface area (Å²) in [7, 11) is 0. The standard InChI is InChI=1S/C20H11ClO2/c21-10-5-6-13-14(9-10)18-12-4-2-1-3-11(12)17(13)19-15(22)7-8-16(23)20(18)19/h1-9,17-18H/t17-,18+/m1/s1. The molecule has 2 bridgehead atoms. The number of hydrogen-bond acceptors (Lipinski definition) is 2. The normalized spacial score (nSPS) is 23.7. The molecule has 0 N–H and O–H groups in total. The highest BCUT2D eigenvalue weighted by molar-refractivity contribution is 6.30. The molecule has 2 aromatic rings. The van der Waals surface area contributed by atoms with Crippen molar-refractivity contribution < 1.29 is 9.59 Å². The average molecular weight is 319 g/mol. The van der Waals surface area contributed by atoms with Gasteiger partial charge in [-0.3, -0.25) is 9.59 Å². The van der Waals surface area contributed by atoms with Gasteiger partial charge < -0.3 is 0 Å². The molecule has 2 nitrogen and oxygen atoms in total. The first kappa shape index (κ1) is 13.0. The van der Waals surface area contributed by atoms with E-state index in [9.17, 15) is 9.59 Å². The SMILES string of the molecule is O=C1C=CC(=O)C2=C1[C@@H]1c3ccccc3[C@H]2c2cc(Cl)ccc21. The summed E-state index contributed by atoms with van der Waals surface area (Å²) < 4.78 is 0. The second kappa shape index (κ2) is 4.30. The fourth-order valence-electron chi connectivity index (χ4n) is 4.24. The van der Waals surface area contributed by atoms with Crippen LogP contribution < -0.4 is 0 Å². The van der Waals surface area contributed by atoms with Gasteiger partial charge in [-0.15, -0.1) is 0 Å². The first-order valence-electron chi connectivity index (χ1n) is 7.56. The van der Waals surface area contributed by atoms with E-state index in [0.29, 0.717) is 16.2 Å². The summed E-state index contributed by atoms with van der Waals surface area (Å²) in [4.78, 5) is 25.1. The summed E-state index contributed by atoms with van der Waals surface area (Å²) >= 11 is 6.20. The minimum Gasteiger partial charge on any atom is -0.290 e. The van der Waals surface area contributed by atoms with Crippen LogP contribution in [0.2, 0.25) is 5.02 Å². The van der Waals surface area contributed by atoms with E-state index < -0.39 is 0 Å². The third kappa shape index (κ3) is 1.54. The number of allylic oxidation sites excluding steroid dienone is 4. The zero-order valence-electron chi connectivity index (χ0n) is 12.0. The second-order valence-electron chi connectivity index (χ2n) is 6.16. The van der Waals surface area contributed by atoms with E-state index >= 15 is 0 Å². The van der Waals surface area contributed by atoms with Crippen LogP contribution in [0.4, 0.5) is 0 Å². The molecule has 4 aliphatic rings. The minimum atomic E-state index is -0.193. The Morgan fingerprint density at radius 1 is 0.696 bits per heavy atom. The molecule has 2 aromatic carbocycles. The topological polar surface area (TPSA) is 34.1 Å². The van der Waals surface area contributed by atoms with Crippen molar-refractivity contribution in [3.63, 3.8) is 0 Å². The summed E-state index contributed by atoms with van der Waals surface area (Å²) in [5.41, 5.74) is 5.67. The molecular weight excluding hydrogens is 308 g/mol. The number of carbonyl (C=O) groups excluding carboxylic acids is 2. The van der Waals surface area contributed by atoms with Gasteiger partial charge in [0, 0.05) is 28.0 Å². The zero-order chi connectivity index (χ0) is 15.7. The van der Waals surface area contributed by atoms with Crippen molar-refractivity contribution in [2.75, 3.05) is 0 Å². The van der Waals surface area contributed by atoms with Crippen molar-refractivity contribution in [1.29, 1.82) is 0 Å². The number of hydrogen-bond donors (Lipinski definition) is 0. The predicted molar refractivity (Wildman–Crippen MR) is 87.8 cm³/mol. The highest BCUT2D eigenvalue weighted by Gasteiger charge is 2.47. The highest BCUT2D eigenvalue weighted by Crippen LogP contribution is 2.56. The van der Waals surface area contributed by atoms with Crippen LogP contribution >= 0.6 is 11.6 Å². The molecule has 110 valence electrons. The lowest BCUT2D eigenvalue weighted by Gasteiger charge is -2.43. The second-order valence-corrected chi connectivity index (χ2v) is 6.59. The molecule has 0 unspecified atom stereocenters. The Morgan fingerprint density at radius 2 is 1.22 bits per heavy atom. The third-order valence-electron chi connectivity index (χ3n) is 5.07. The van der Waals surface area contributed by atoms with E-state index in [0.717, 1.165) is 22.3 Å². The van der Waals surface area contributed by atoms with E-state index in [1.54, 1.807) is 0 Å². The van der Waals surface area contributed by atoms with Crippen molar-refractivity contribution in [3.8, 4) is 0 Å². The molecule has 0 aromatic heterocycles. The highest BCUT2D eigenvalue weighted by atomic mass is 35.5. The summed E-state index contributed by atoms with van der Waals surface area (Å²) in [6.07, 6.45) is 2.80. The van der Waals surface area contributed by atoms with Crippen LogP contribution in [0.15, 0.2) is 65.8 Å².